The number of nitrogens with one attached hydrogen (secondary N) is 1. The highest BCUT2D eigenvalue weighted by atomic mass is 16.5. The number of rotatable bonds is 16. The number of esters is 1. The van der Waals surface area contributed by atoms with Crippen molar-refractivity contribution < 1.29 is 14.3 Å². The average Bonchev–Trinajstić information content (AvgIpc) is 3.43. The number of hydrogen-bond donors (Lipinski definition) is 3. The van der Waals surface area contributed by atoms with E-state index in [0.717, 1.165) is 44.0 Å². The maximum absolute atomic E-state index is 13.0. The molecule has 2 aliphatic carbocycles. The highest BCUT2D eigenvalue weighted by Crippen LogP contribution is 2.23. The Morgan fingerprint density at radius 2 is 1.71 bits per heavy atom. The van der Waals surface area contributed by atoms with Crippen LogP contribution in [-0.4, -0.2) is 55.0 Å². The van der Waals surface area contributed by atoms with Crippen molar-refractivity contribution in [1.29, 1.82) is 0 Å². The van der Waals surface area contributed by atoms with Crippen LogP contribution in [0.4, 0.5) is 0 Å². The molecule has 0 aliphatic heterocycles. The molecule has 0 radical (unpaired) electrons. The molecule has 7 heteroatoms. The minimum atomic E-state index is -0.303. The lowest BCUT2D eigenvalue weighted by Gasteiger charge is -2.24. The standard InChI is InChI=1S/C34H46N4O3/c1-24(35)17-20-37-19-3-4-21-38(22-18-25(2)36)33(39)9-6-10-34(40)41-28-13-16-30-27(23-28)12-15-31-29-8-5-7-26(29)11-14-32(30)31/h5,7-8,11-15,23-25,37H,3-4,6,9-10,16-22,35-36H2,1-2H3. The summed E-state index contributed by atoms with van der Waals surface area (Å²) < 4.78 is 5.68. The van der Waals surface area contributed by atoms with Crippen LogP contribution in [0.2, 0.25) is 0 Å². The Labute approximate surface area is 244 Å². The van der Waals surface area contributed by atoms with E-state index >= 15 is 0 Å². The number of nitrogens with two attached hydrogens (primary N) is 2. The molecule has 0 spiro atoms. The smallest absolute Gasteiger partial charge is 0.311 e. The van der Waals surface area contributed by atoms with E-state index < -0.39 is 0 Å². The van der Waals surface area contributed by atoms with E-state index in [1.807, 2.05) is 30.9 Å². The number of carbonyl (C=O) groups excluding carboxylic acids is 2. The van der Waals surface area contributed by atoms with Crippen LogP contribution < -0.4 is 27.2 Å². The van der Waals surface area contributed by atoms with Gasteiger partial charge in [0.1, 0.15) is 5.76 Å². The van der Waals surface area contributed by atoms with Crippen LogP contribution in [0.5, 0.6) is 0 Å². The quantitative estimate of drug-likeness (QED) is 0.216. The summed E-state index contributed by atoms with van der Waals surface area (Å²) in [6.45, 7) is 7.15. The van der Waals surface area contributed by atoms with Crippen LogP contribution in [0, 0.1) is 0 Å². The third kappa shape index (κ3) is 8.86. The Morgan fingerprint density at radius 1 is 0.927 bits per heavy atom. The number of benzene rings is 2. The first kappa shape index (κ1) is 30.7. The molecule has 0 aromatic heterocycles. The molecule has 4 rings (SSSR count). The van der Waals surface area contributed by atoms with Gasteiger partial charge in [0.25, 0.3) is 0 Å². The van der Waals surface area contributed by atoms with Gasteiger partial charge in [-0.25, -0.2) is 0 Å². The lowest BCUT2D eigenvalue weighted by Crippen LogP contribution is -2.35. The molecule has 0 heterocycles. The van der Waals surface area contributed by atoms with Crippen LogP contribution in [0.3, 0.4) is 0 Å². The average molecular weight is 559 g/mol. The molecule has 0 saturated heterocycles. The lowest BCUT2D eigenvalue weighted by molar-refractivity contribution is -0.139. The first-order valence-corrected chi connectivity index (χ1v) is 15.2. The van der Waals surface area contributed by atoms with Crippen molar-refractivity contribution in [2.75, 3.05) is 26.2 Å². The molecule has 2 unspecified atom stereocenters. The predicted molar refractivity (Wildman–Crippen MR) is 168 cm³/mol. The predicted octanol–water partition coefficient (Wildman–Crippen LogP) is 3.25. The van der Waals surface area contributed by atoms with Crippen molar-refractivity contribution in [2.45, 2.75) is 77.3 Å². The van der Waals surface area contributed by atoms with Crippen molar-refractivity contribution in [3.8, 4) is 0 Å². The molecule has 1 amide bonds. The van der Waals surface area contributed by atoms with Crippen molar-refractivity contribution in [2.24, 2.45) is 11.5 Å². The summed E-state index contributed by atoms with van der Waals surface area (Å²) in [4.78, 5) is 27.5. The molecule has 0 bridgehead atoms. The van der Waals surface area contributed by atoms with Gasteiger partial charge < -0.3 is 26.4 Å². The number of carbonyl (C=O) groups is 2. The van der Waals surface area contributed by atoms with Gasteiger partial charge in [-0.3, -0.25) is 9.59 Å². The molecule has 5 N–H and O–H groups in total. The molecule has 2 aromatic carbocycles. The largest absolute Gasteiger partial charge is 0.427 e. The topological polar surface area (TPSA) is 111 Å². The first-order valence-electron chi connectivity index (χ1n) is 15.2. The van der Waals surface area contributed by atoms with E-state index in [1.165, 1.54) is 27.1 Å². The lowest BCUT2D eigenvalue weighted by atomic mass is 9.94. The fraction of sp³-hybridized carbons (Fsp3) is 0.471. The van der Waals surface area contributed by atoms with Gasteiger partial charge >= 0.3 is 5.97 Å². The zero-order chi connectivity index (χ0) is 29.2. The summed E-state index contributed by atoms with van der Waals surface area (Å²) in [5.41, 5.74) is 14.3. The summed E-state index contributed by atoms with van der Waals surface area (Å²) in [6, 6.07) is 8.86. The number of amides is 1. The maximum atomic E-state index is 13.0. The van der Waals surface area contributed by atoms with Crippen molar-refractivity contribution in [1.82, 2.24) is 10.2 Å². The van der Waals surface area contributed by atoms with E-state index in [4.69, 9.17) is 16.2 Å². The third-order valence-electron chi connectivity index (χ3n) is 7.79. The number of fused-ring (bicyclic) bond motifs is 5. The van der Waals surface area contributed by atoms with E-state index in [9.17, 15) is 9.59 Å². The molecular weight excluding hydrogens is 512 g/mol. The molecule has 2 aromatic rings. The Hall–Kier alpha value is -3.26. The van der Waals surface area contributed by atoms with E-state index in [2.05, 4.69) is 47.8 Å². The number of ether oxygens (including phenoxy) is 1. The Bertz CT molecular complexity index is 1410. The van der Waals surface area contributed by atoms with Gasteiger partial charge in [-0.1, -0.05) is 42.5 Å². The van der Waals surface area contributed by atoms with Crippen molar-refractivity contribution >= 4 is 40.9 Å². The normalized spacial score (nSPS) is 14.9. The van der Waals surface area contributed by atoms with Crippen LogP contribution in [0.25, 0.3) is 29.0 Å². The Balaban J connectivity index is 1.23. The summed E-state index contributed by atoms with van der Waals surface area (Å²) in [5.74, 6) is 0.352. The minimum absolute atomic E-state index is 0.0412. The van der Waals surface area contributed by atoms with Gasteiger partial charge in [0.05, 0.1) is 0 Å². The van der Waals surface area contributed by atoms with Gasteiger partial charge in [0.15, 0.2) is 0 Å². The monoisotopic (exact) mass is 558 g/mol. The fourth-order valence-electron chi connectivity index (χ4n) is 5.41. The molecular formula is C34H46N4O3. The summed E-state index contributed by atoms with van der Waals surface area (Å²) in [6.07, 6.45) is 15.7. The summed E-state index contributed by atoms with van der Waals surface area (Å²) >= 11 is 0. The third-order valence-corrected chi connectivity index (χ3v) is 7.79. The second-order valence-corrected chi connectivity index (χ2v) is 11.5. The first-order chi connectivity index (χ1) is 19.8. The van der Waals surface area contributed by atoms with Gasteiger partial charge in [0, 0.05) is 38.0 Å². The maximum Gasteiger partial charge on any atom is 0.311 e. The van der Waals surface area contributed by atoms with Crippen LogP contribution >= 0.6 is 0 Å². The van der Waals surface area contributed by atoms with Gasteiger partial charge in [-0.15, -0.1) is 0 Å². The highest BCUT2D eigenvalue weighted by molar-refractivity contribution is 5.96. The molecule has 2 aliphatic rings. The number of unbranched alkanes of at least 4 members (excludes halogenated alkanes) is 1. The van der Waals surface area contributed by atoms with Crippen LogP contribution in [0.15, 0.2) is 42.2 Å². The molecule has 7 nitrogen and oxygen atoms in total. The SMILES string of the molecule is CC(N)CCNCCCCN(CCC(C)N)C(=O)CCCC(=O)OC1=CCc2c(ccc3c4c(ccc23)=CC=C4)=C1. The number of hydrogen-bond acceptors (Lipinski definition) is 6. The summed E-state index contributed by atoms with van der Waals surface area (Å²) in [7, 11) is 0. The van der Waals surface area contributed by atoms with Crippen molar-refractivity contribution in [3.63, 3.8) is 0 Å². The van der Waals surface area contributed by atoms with Gasteiger partial charge in [0.2, 0.25) is 5.91 Å². The second-order valence-electron chi connectivity index (χ2n) is 11.5. The molecule has 220 valence electrons. The van der Waals surface area contributed by atoms with E-state index in [0.29, 0.717) is 38.1 Å². The van der Waals surface area contributed by atoms with Crippen molar-refractivity contribution in [3.05, 3.63) is 63.7 Å². The number of nitrogens with zero attached hydrogens (tertiary/aromatic N) is 1. The Morgan fingerprint density at radius 3 is 2.51 bits per heavy atom. The van der Waals surface area contributed by atoms with E-state index in [1.54, 1.807) is 0 Å². The zero-order valence-electron chi connectivity index (χ0n) is 24.7. The van der Waals surface area contributed by atoms with E-state index in [-0.39, 0.29) is 30.4 Å². The molecule has 0 saturated carbocycles. The second kappa shape index (κ2) is 15.1. The van der Waals surface area contributed by atoms with Crippen LogP contribution in [0.1, 0.15) is 69.9 Å². The fourth-order valence-corrected chi connectivity index (χ4v) is 5.41. The molecule has 0 fully saturated rings. The molecule has 2 atom stereocenters. The van der Waals surface area contributed by atoms with Gasteiger partial charge in [-0.05, 0) is 110 Å². The zero-order valence-corrected chi connectivity index (χ0v) is 24.7. The molecule has 41 heavy (non-hydrogen) atoms. The minimum Gasteiger partial charge on any atom is -0.427 e. The highest BCUT2D eigenvalue weighted by Gasteiger charge is 2.17. The van der Waals surface area contributed by atoms with Gasteiger partial charge in [-0.2, -0.15) is 0 Å². The number of allylic oxidation sites excluding steroid dienone is 3. The summed E-state index contributed by atoms with van der Waals surface area (Å²) in [5, 5.41) is 8.23. The van der Waals surface area contributed by atoms with Crippen LogP contribution in [-0.2, 0) is 20.7 Å². The Kier molecular flexibility index (Phi) is 11.3.